The van der Waals surface area contributed by atoms with Crippen molar-refractivity contribution in [3.8, 4) is 0 Å². The van der Waals surface area contributed by atoms with Gasteiger partial charge in [-0.2, -0.15) is 0 Å². The highest BCUT2D eigenvalue weighted by Crippen LogP contribution is 2.21. The molecule has 0 aliphatic heterocycles. The molecule has 2 rings (SSSR count). The number of hydrogen-bond donors (Lipinski definition) is 4. The van der Waals surface area contributed by atoms with Gasteiger partial charge >= 0.3 is 6.09 Å². The number of likely N-dealkylation sites (N-methyl/N-ethyl adjacent to an activating group) is 1. The highest BCUT2D eigenvalue weighted by molar-refractivity contribution is 9.10. The third-order valence-corrected chi connectivity index (χ3v) is 7.83. The van der Waals surface area contributed by atoms with Gasteiger partial charge in [0.05, 0.1) is 7.11 Å². The van der Waals surface area contributed by atoms with Crippen molar-refractivity contribution >= 4 is 39.7 Å². The fourth-order valence-electron chi connectivity index (χ4n) is 4.77. The van der Waals surface area contributed by atoms with Gasteiger partial charge < -0.3 is 20.7 Å². The Morgan fingerprint density at radius 3 is 2.07 bits per heavy atom. The van der Waals surface area contributed by atoms with Crippen LogP contribution in [0.3, 0.4) is 0 Å². The number of hydrogen-bond acceptors (Lipinski definition) is 6. The average Bonchev–Trinajstić information content (AvgIpc) is 2.98. The zero-order chi connectivity index (χ0) is 32.9. The standard InChI is InChI=1S/C33H48BrN5O5/c1-22(2)27(30(41)35-6)36-29(40)25(20-23-12-9-8-10-13-23)14-11-19-39(21-24-15-17-26(34)18-16-24)38-31(42)28(33(3,4)5)37-32(43)44-7/h8-10,12-13,15-18,22,25,27-28H,11,14,19-21H2,1-7H3,(H,35,41)(H,36,40)(H,37,43)(H,38,42)/t25-,27-,28+/m0/s1. The number of carbonyl (C=O) groups excluding carboxylic acids is 4. The predicted molar refractivity (Wildman–Crippen MR) is 175 cm³/mol. The van der Waals surface area contributed by atoms with Crippen LogP contribution in [0.25, 0.3) is 0 Å². The molecule has 0 radical (unpaired) electrons. The highest BCUT2D eigenvalue weighted by atomic mass is 79.9. The average molecular weight is 675 g/mol. The Bertz CT molecular complexity index is 1220. The lowest BCUT2D eigenvalue weighted by atomic mass is 9.86. The molecule has 0 heterocycles. The lowest BCUT2D eigenvalue weighted by Crippen LogP contribution is -2.57. The topological polar surface area (TPSA) is 129 Å². The minimum absolute atomic E-state index is 0.0813. The first-order valence-electron chi connectivity index (χ1n) is 14.9. The largest absolute Gasteiger partial charge is 0.453 e. The van der Waals surface area contributed by atoms with Gasteiger partial charge in [0.2, 0.25) is 11.8 Å². The van der Waals surface area contributed by atoms with Gasteiger partial charge in [-0.3, -0.25) is 19.8 Å². The quantitative estimate of drug-likeness (QED) is 0.205. The molecule has 0 aromatic heterocycles. The number of methoxy groups -OCH3 is 1. The SMILES string of the molecule is CNC(=O)[C@@H](NC(=O)[C@@H](CCCN(Cc1ccc(Br)cc1)NC(=O)[C@@H](NC(=O)OC)C(C)(C)C)Cc1ccccc1)C(C)C. The van der Waals surface area contributed by atoms with E-state index in [0.717, 1.165) is 15.6 Å². The number of benzene rings is 2. The Labute approximate surface area is 270 Å². The van der Waals surface area contributed by atoms with Crippen molar-refractivity contribution in [1.29, 1.82) is 0 Å². The van der Waals surface area contributed by atoms with Gasteiger partial charge in [-0.1, -0.05) is 93.0 Å². The molecule has 4 amide bonds. The summed E-state index contributed by atoms with van der Waals surface area (Å²) in [6.07, 6.45) is 0.929. The Hall–Kier alpha value is -3.44. The Kier molecular flexibility index (Phi) is 14.8. The molecule has 11 heteroatoms. The number of alkyl carbamates (subject to hydrolysis) is 1. The molecule has 10 nitrogen and oxygen atoms in total. The van der Waals surface area contributed by atoms with Crippen molar-refractivity contribution in [2.45, 2.75) is 72.5 Å². The lowest BCUT2D eigenvalue weighted by molar-refractivity contribution is -0.132. The van der Waals surface area contributed by atoms with E-state index in [9.17, 15) is 19.2 Å². The van der Waals surface area contributed by atoms with E-state index in [1.165, 1.54) is 7.11 Å². The number of halogens is 1. The van der Waals surface area contributed by atoms with Crippen LogP contribution < -0.4 is 21.4 Å². The van der Waals surface area contributed by atoms with E-state index < -0.39 is 29.5 Å². The van der Waals surface area contributed by atoms with Crippen molar-refractivity contribution in [3.05, 3.63) is 70.2 Å². The van der Waals surface area contributed by atoms with Crippen LogP contribution in [0.15, 0.2) is 59.1 Å². The molecular formula is C33H48BrN5O5. The fourth-order valence-corrected chi connectivity index (χ4v) is 5.04. The van der Waals surface area contributed by atoms with Gasteiger partial charge in [-0.15, -0.1) is 0 Å². The molecule has 3 atom stereocenters. The van der Waals surface area contributed by atoms with Crippen LogP contribution in [0.4, 0.5) is 4.79 Å². The summed E-state index contributed by atoms with van der Waals surface area (Å²) in [5, 5.41) is 10.1. The van der Waals surface area contributed by atoms with E-state index in [1.54, 1.807) is 7.05 Å². The number of amides is 4. The summed E-state index contributed by atoms with van der Waals surface area (Å²) in [5.74, 6) is -1.26. The first kappa shape index (κ1) is 36.8. The molecule has 44 heavy (non-hydrogen) atoms. The molecule has 0 fully saturated rings. The zero-order valence-electron chi connectivity index (χ0n) is 26.9. The summed E-state index contributed by atoms with van der Waals surface area (Å²) < 4.78 is 5.70. The molecule has 0 spiro atoms. The summed E-state index contributed by atoms with van der Waals surface area (Å²) in [6.45, 7) is 10.2. The lowest BCUT2D eigenvalue weighted by Gasteiger charge is -2.33. The van der Waals surface area contributed by atoms with Gasteiger partial charge in [-0.25, -0.2) is 9.80 Å². The van der Waals surface area contributed by atoms with Crippen LogP contribution in [0, 0.1) is 17.3 Å². The minimum Gasteiger partial charge on any atom is -0.453 e. The molecule has 0 aliphatic carbocycles. The van der Waals surface area contributed by atoms with E-state index in [4.69, 9.17) is 4.74 Å². The maximum atomic E-state index is 13.6. The number of carbonyl (C=O) groups is 4. The van der Waals surface area contributed by atoms with Gasteiger partial charge in [0.15, 0.2) is 0 Å². The number of hydrazine groups is 1. The second-order valence-corrected chi connectivity index (χ2v) is 13.2. The van der Waals surface area contributed by atoms with Crippen LogP contribution in [0.5, 0.6) is 0 Å². The third-order valence-electron chi connectivity index (χ3n) is 7.30. The van der Waals surface area contributed by atoms with Crippen LogP contribution in [0.2, 0.25) is 0 Å². The van der Waals surface area contributed by atoms with Crippen molar-refractivity contribution in [2.75, 3.05) is 20.7 Å². The predicted octanol–water partition coefficient (Wildman–Crippen LogP) is 4.58. The van der Waals surface area contributed by atoms with Crippen LogP contribution in [0.1, 0.15) is 58.6 Å². The number of nitrogens with one attached hydrogen (secondary N) is 4. The maximum absolute atomic E-state index is 13.6. The van der Waals surface area contributed by atoms with Gasteiger partial charge in [-0.05, 0) is 53.9 Å². The number of rotatable bonds is 15. The summed E-state index contributed by atoms with van der Waals surface area (Å²) in [6, 6.07) is 16.1. The minimum atomic E-state index is -0.850. The molecule has 242 valence electrons. The van der Waals surface area contributed by atoms with Gasteiger partial charge in [0.1, 0.15) is 12.1 Å². The van der Waals surface area contributed by atoms with Crippen LogP contribution in [-0.2, 0) is 32.1 Å². The fraction of sp³-hybridized carbons (Fsp3) is 0.515. The summed E-state index contributed by atoms with van der Waals surface area (Å²) in [7, 11) is 2.82. The number of nitrogens with zero attached hydrogens (tertiary/aromatic N) is 1. The molecule has 0 saturated carbocycles. The van der Waals surface area contributed by atoms with E-state index in [2.05, 4.69) is 37.3 Å². The third kappa shape index (κ3) is 12.3. The van der Waals surface area contributed by atoms with Gasteiger partial charge in [0, 0.05) is 30.5 Å². The van der Waals surface area contributed by atoms with E-state index in [0.29, 0.717) is 32.4 Å². The second-order valence-electron chi connectivity index (χ2n) is 12.3. The summed E-state index contributed by atoms with van der Waals surface area (Å²) in [4.78, 5) is 51.5. The molecule has 4 N–H and O–H groups in total. The van der Waals surface area contributed by atoms with Crippen molar-refractivity contribution in [1.82, 2.24) is 26.4 Å². The normalized spacial score (nSPS) is 13.5. The number of ether oxygens (including phenoxy) is 1. The Morgan fingerprint density at radius 2 is 1.52 bits per heavy atom. The second kappa shape index (κ2) is 17.8. The molecule has 2 aromatic rings. The Morgan fingerprint density at radius 1 is 0.886 bits per heavy atom. The molecular weight excluding hydrogens is 626 g/mol. The zero-order valence-corrected chi connectivity index (χ0v) is 28.5. The smallest absolute Gasteiger partial charge is 0.407 e. The van der Waals surface area contributed by atoms with Crippen LogP contribution >= 0.6 is 15.9 Å². The highest BCUT2D eigenvalue weighted by Gasteiger charge is 2.34. The van der Waals surface area contributed by atoms with E-state index in [1.807, 2.05) is 94.2 Å². The molecule has 2 aromatic carbocycles. The molecule has 0 aliphatic rings. The summed E-state index contributed by atoms with van der Waals surface area (Å²) in [5.41, 5.74) is 4.41. The first-order chi connectivity index (χ1) is 20.7. The van der Waals surface area contributed by atoms with E-state index >= 15 is 0 Å². The monoisotopic (exact) mass is 673 g/mol. The van der Waals surface area contributed by atoms with Crippen LogP contribution in [-0.4, -0.2) is 61.6 Å². The Balaban J connectivity index is 2.25. The van der Waals surface area contributed by atoms with E-state index in [-0.39, 0.29) is 23.6 Å². The van der Waals surface area contributed by atoms with Crippen molar-refractivity contribution in [3.63, 3.8) is 0 Å². The molecule has 0 bridgehead atoms. The van der Waals surface area contributed by atoms with Crippen molar-refractivity contribution in [2.24, 2.45) is 17.3 Å². The maximum Gasteiger partial charge on any atom is 0.407 e. The summed E-state index contributed by atoms with van der Waals surface area (Å²) >= 11 is 3.46. The molecule has 0 unspecified atom stereocenters. The molecule has 0 saturated heterocycles. The van der Waals surface area contributed by atoms with Crippen molar-refractivity contribution < 1.29 is 23.9 Å². The first-order valence-corrected chi connectivity index (χ1v) is 15.7. The van der Waals surface area contributed by atoms with Gasteiger partial charge in [0.25, 0.3) is 5.91 Å².